The van der Waals surface area contributed by atoms with Crippen LogP contribution >= 0.6 is 11.6 Å². The van der Waals surface area contributed by atoms with E-state index in [0.29, 0.717) is 17.1 Å². The van der Waals surface area contributed by atoms with Crippen molar-refractivity contribution >= 4 is 23.2 Å². The van der Waals surface area contributed by atoms with Gasteiger partial charge in [-0.3, -0.25) is 14.8 Å². The summed E-state index contributed by atoms with van der Waals surface area (Å²) < 4.78 is 0. The molecule has 5 nitrogen and oxygen atoms in total. The molecule has 0 aliphatic heterocycles. The third kappa shape index (κ3) is 4.61. The van der Waals surface area contributed by atoms with Gasteiger partial charge in [-0.1, -0.05) is 30.7 Å². The quantitative estimate of drug-likeness (QED) is 0.749. The van der Waals surface area contributed by atoms with Crippen LogP contribution in [0.1, 0.15) is 34.5 Å². The Morgan fingerprint density at radius 3 is 2.80 bits per heavy atom. The average molecular weight is 353 g/mol. The Labute approximate surface area is 151 Å². The Bertz CT molecular complexity index is 870. The summed E-state index contributed by atoms with van der Waals surface area (Å²) in [5.41, 5.74) is 3.21. The topological polar surface area (TPSA) is 67.8 Å². The number of aromatic nitrogens is 3. The lowest BCUT2D eigenvalue weighted by molar-refractivity contribution is 0.102. The van der Waals surface area contributed by atoms with Crippen molar-refractivity contribution in [1.29, 1.82) is 0 Å². The molecule has 0 spiro atoms. The molecule has 2 aromatic heterocycles. The smallest absolute Gasteiger partial charge is 0.257 e. The number of carbonyl (C=O) groups is 1. The van der Waals surface area contributed by atoms with Crippen molar-refractivity contribution in [2.45, 2.75) is 19.3 Å². The van der Waals surface area contributed by atoms with E-state index in [1.54, 1.807) is 30.7 Å². The molecule has 1 aromatic carbocycles. The molecule has 0 aliphatic rings. The van der Waals surface area contributed by atoms with Crippen LogP contribution in [-0.2, 0) is 6.42 Å². The van der Waals surface area contributed by atoms with E-state index in [1.807, 2.05) is 24.3 Å². The summed E-state index contributed by atoms with van der Waals surface area (Å²) in [7, 11) is 0. The van der Waals surface area contributed by atoms with E-state index in [2.05, 4.69) is 27.2 Å². The van der Waals surface area contributed by atoms with E-state index in [-0.39, 0.29) is 11.8 Å². The van der Waals surface area contributed by atoms with Crippen LogP contribution < -0.4 is 5.32 Å². The number of halogens is 1. The lowest BCUT2D eigenvalue weighted by Crippen LogP contribution is -2.12. The molecule has 6 heteroatoms. The largest absolute Gasteiger partial charge is 0.322 e. The van der Waals surface area contributed by atoms with E-state index in [4.69, 9.17) is 11.6 Å². The van der Waals surface area contributed by atoms with Gasteiger partial charge in [-0.2, -0.15) is 0 Å². The van der Waals surface area contributed by atoms with Gasteiger partial charge >= 0.3 is 0 Å². The fourth-order valence-corrected chi connectivity index (χ4v) is 2.70. The number of nitrogens with one attached hydrogen (secondary N) is 1. The van der Waals surface area contributed by atoms with E-state index < -0.39 is 0 Å². The normalized spacial score (nSPS) is 11.8. The first kappa shape index (κ1) is 17.0. The summed E-state index contributed by atoms with van der Waals surface area (Å²) in [6, 6.07) is 11.3. The molecule has 3 rings (SSSR count). The van der Waals surface area contributed by atoms with Crippen LogP contribution in [0.2, 0.25) is 5.15 Å². The van der Waals surface area contributed by atoms with E-state index in [0.717, 1.165) is 16.9 Å². The Kier molecular flexibility index (Phi) is 5.36. The van der Waals surface area contributed by atoms with E-state index in [9.17, 15) is 4.79 Å². The average Bonchev–Trinajstić information content (AvgIpc) is 2.62. The van der Waals surface area contributed by atoms with Crippen molar-refractivity contribution in [3.63, 3.8) is 0 Å². The maximum atomic E-state index is 12.2. The van der Waals surface area contributed by atoms with Gasteiger partial charge in [0.2, 0.25) is 0 Å². The van der Waals surface area contributed by atoms with Crippen LogP contribution in [-0.4, -0.2) is 20.9 Å². The van der Waals surface area contributed by atoms with Gasteiger partial charge in [0.1, 0.15) is 5.15 Å². The second kappa shape index (κ2) is 7.85. The number of carbonyl (C=O) groups excluding carboxylic acids is 1. The van der Waals surface area contributed by atoms with E-state index in [1.165, 1.54) is 6.20 Å². The Morgan fingerprint density at radius 2 is 2.04 bits per heavy atom. The highest BCUT2D eigenvalue weighted by molar-refractivity contribution is 6.29. The maximum Gasteiger partial charge on any atom is 0.257 e. The number of pyridine rings is 1. The predicted octanol–water partition coefficient (Wildman–Crippen LogP) is 4.12. The zero-order valence-electron chi connectivity index (χ0n) is 13.7. The molecule has 0 saturated heterocycles. The minimum absolute atomic E-state index is 0.182. The van der Waals surface area contributed by atoms with Crippen molar-refractivity contribution < 1.29 is 4.79 Å². The molecule has 1 amide bonds. The number of hydrogen-bond donors (Lipinski definition) is 1. The molecule has 0 radical (unpaired) electrons. The van der Waals surface area contributed by atoms with Gasteiger partial charge in [-0.25, -0.2) is 4.98 Å². The minimum atomic E-state index is -0.182. The van der Waals surface area contributed by atoms with Crippen LogP contribution in [0.3, 0.4) is 0 Å². The van der Waals surface area contributed by atoms with Crippen molar-refractivity contribution in [2.24, 2.45) is 0 Å². The zero-order valence-corrected chi connectivity index (χ0v) is 14.4. The number of benzene rings is 1. The lowest BCUT2D eigenvalue weighted by atomic mass is 9.96. The SMILES string of the molecule is C[C@H](Cc1cncc(Cl)n1)c1cccc(NC(=O)c2cccnc2)c1. The zero-order chi connectivity index (χ0) is 17.6. The van der Waals surface area contributed by atoms with Gasteiger partial charge in [-0.05, 0) is 42.2 Å². The fourth-order valence-electron chi connectivity index (χ4n) is 2.53. The molecule has 3 aromatic rings. The molecule has 25 heavy (non-hydrogen) atoms. The molecule has 126 valence electrons. The first-order valence-electron chi connectivity index (χ1n) is 7.89. The van der Waals surface area contributed by atoms with Gasteiger partial charge < -0.3 is 5.32 Å². The Hall–Kier alpha value is -2.79. The van der Waals surface area contributed by atoms with Crippen molar-refractivity contribution in [2.75, 3.05) is 5.32 Å². The molecule has 0 bridgehead atoms. The van der Waals surface area contributed by atoms with Crippen LogP contribution in [0.4, 0.5) is 5.69 Å². The van der Waals surface area contributed by atoms with Crippen LogP contribution in [0, 0.1) is 0 Å². The Morgan fingerprint density at radius 1 is 1.16 bits per heavy atom. The van der Waals surface area contributed by atoms with Gasteiger partial charge in [0, 0.05) is 24.3 Å². The summed E-state index contributed by atoms with van der Waals surface area (Å²) in [6.07, 6.45) is 7.13. The van der Waals surface area contributed by atoms with Crippen LogP contribution in [0.25, 0.3) is 0 Å². The summed E-state index contributed by atoms with van der Waals surface area (Å²) >= 11 is 5.89. The predicted molar refractivity (Wildman–Crippen MR) is 97.8 cm³/mol. The van der Waals surface area contributed by atoms with Gasteiger partial charge in [-0.15, -0.1) is 0 Å². The molecule has 0 saturated carbocycles. The number of amides is 1. The molecule has 1 N–H and O–H groups in total. The second-order valence-corrected chi connectivity index (χ2v) is 6.15. The minimum Gasteiger partial charge on any atom is -0.322 e. The van der Waals surface area contributed by atoms with Gasteiger partial charge in [0.25, 0.3) is 5.91 Å². The summed E-state index contributed by atoms with van der Waals surface area (Å²) in [5.74, 6) is 0.0293. The first-order valence-corrected chi connectivity index (χ1v) is 8.27. The third-order valence-electron chi connectivity index (χ3n) is 3.81. The molecular formula is C19H17ClN4O. The molecule has 0 fully saturated rings. The Balaban J connectivity index is 1.71. The highest BCUT2D eigenvalue weighted by atomic mass is 35.5. The highest BCUT2D eigenvalue weighted by Gasteiger charge is 2.11. The third-order valence-corrected chi connectivity index (χ3v) is 3.99. The number of rotatable bonds is 5. The van der Waals surface area contributed by atoms with Crippen molar-refractivity contribution in [1.82, 2.24) is 15.0 Å². The monoisotopic (exact) mass is 352 g/mol. The standard InChI is InChI=1S/C19H17ClN4O/c1-13(8-17-11-22-12-18(20)23-17)14-4-2-6-16(9-14)24-19(25)15-5-3-7-21-10-15/h2-7,9-13H,8H2,1H3,(H,24,25)/t13-/m1/s1. The highest BCUT2D eigenvalue weighted by Crippen LogP contribution is 2.23. The molecule has 0 unspecified atom stereocenters. The number of anilines is 1. The van der Waals surface area contributed by atoms with Crippen LogP contribution in [0.5, 0.6) is 0 Å². The number of nitrogens with zero attached hydrogens (tertiary/aromatic N) is 3. The second-order valence-electron chi connectivity index (χ2n) is 5.76. The molecule has 1 atom stereocenters. The summed E-state index contributed by atoms with van der Waals surface area (Å²) in [6.45, 7) is 2.10. The molecular weight excluding hydrogens is 336 g/mol. The molecule has 0 aliphatic carbocycles. The lowest BCUT2D eigenvalue weighted by Gasteiger charge is -2.13. The number of hydrogen-bond acceptors (Lipinski definition) is 4. The maximum absolute atomic E-state index is 12.2. The van der Waals surface area contributed by atoms with Crippen molar-refractivity contribution in [3.8, 4) is 0 Å². The summed E-state index contributed by atoms with van der Waals surface area (Å²) in [5, 5.41) is 3.29. The van der Waals surface area contributed by atoms with Gasteiger partial charge in [0.15, 0.2) is 0 Å². The first-order chi connectivity index (χ1) is 12.1. The van der Waals surface area contributed by atoms with Gasteiger partial charge in [0.05, 0.1) is 17.5 Å². The summed E-state index contributed by atoms with van der Waals surface area (Å²) in [4.78, 5) is 24.5. The fraction of sp³-hybridized carbons (Fsp3) is 0.158. The molecule has 2 heterocycles. The van der Waals surface area contributed by atoms with E-state index >= 15 is 0 Å². The van der Waals surface area contributed by atoms with Crippen LogP contribution in [0.15, 0.2) is 61.2 Å². The van der Waals surface area contributed by atoms with Crippen molar-refractivity contribution in [3.05, 3.63) is 83.2 Å².